The molecule has 0 amide bonds. The molecule has 1 heterocycles. The van der Waals surface area contributed by atoms with E-state index in [9.17, 15) is 13.2 Å². The lowest BCUT2D eigenvalue weighted by molar-refractivity contribution is -0.136. The molecule has 1 aliphatic rings. The lowest BCUT2D eigenvalue weighted by Gasteiger charge is -2.19. The number of rotatable bonds is 4. The van der Waals surface area contributed by atoms with E-state index in [1.54, 1.807) is 6.07 Å². The SMILES string of the molecule is CC(C(=O)O)S(=O)(=O)Nc1ccc2c(c1)OCCO2. The van der Waals surface area contributed by atoms with Crippen LogP contribution in [0.2, 0.25) is 0 Å². The van der Waals surface area contributed by atoms with Gasteiger partial charge in [0.1, 0.15) is 13.2 Å². The smallest absolute Gasteiger partial charge is 0.323 e. The van der Waals surface area contributed by atoms with Crippen LogP contribution in [-0.2, 0) is 14.8 Å². The molecule has 0 radical (unpaired) electrons. The van der Waals surface area contributed by atoms with Gasteiger partial charge < -0.3 is 14.6 Å². The highest BCUT2D eigenvalue weighted by Crippen LogP contribution is 2.33. The topological polar surface area (TPSA) is 102 Å². The standard InChI is InChI=1S/C11H13NO6S/c1-7(11(13)14)19(15,16)12-8-2-3-9-10(6-8)18-5-4-17-9/h2-3,6-7,12H,4-5H2,1H3,(H,13,14). The number of anilines is 1. The molecule has 2 rings (SSSR count). The Morgan fingerprint density at radius 3 is 2.58 bits per heavy atom. The van der Waals surface area contributed by atoms with Crippen LogP contribution in [0.3, 0.4) is 0 Å². The number of hydrogen-bond donors (Lipinski definition) is 2. The molecule has 2 N–H and O–H groups in total. The van der Waals surface area contributed by atoms with E-state index in [-0.39, 0.29) is 5.69 Å². The van der Waals surface area contributed by atoms with E-state index in [1.807, 2.05) is 0 Å². The zero-order valence-electron chi connectivity index (χ0n) is 10.1. The van der Waals surface area contributed by atoms with Gasteiger partial charge >= 0.3 is 5.97 Å². The normalized spacial score (nSPS) is 15.6. The molecule has 8 heteroatoms. The number of hydrogen-bond acceptors (Lipinski definition) is 5. The lowest BCUT2D eigenvalue weighted by atomic mass is 10.3. The number of aliphatic carboxylic acids is 1. The Balaban J connectivity index is 2.22. The number of carbonyl (C=O) groups is 1. The Kier molecular flexibility index (Phi) is 3.52. The van der Waals surface area contributed by atoms with E-state index in [0.29, 0.717) is 24.7 Å². The van der Waals surface area contributed by atoms with Crippen molar-refractivity contribution in [2.45, 2.75) is 12.2 Å². The highest BCUT2D eigenvalue weighted by molar-refractivity contribution is 7.94. The van der Waals surface area contributed by atoms with Gasteiger partial charge in [-0.25, -0.2) is 8.42 Å². The molecule has 0 saturated heterocycles. The summed E-state index contributed by atoms with van der Waals surface area (Å²) in [6.45, 7) is 1.92. The second-order valence-electron chi connectivity index (χ2n) is 3.99. The van der Waals surface area contributed by atoms with Gasteiger partial charge in [-0.05, 0) is 19.1 Å². The summed E-state index contributed by atoms with van der Waals surface area (Å²) in [5.74, 6) is -0.458. The molecule has 1 atom stereocenters. The predicted octanol–water partition coefficient (Wildman–Crippen LogP) is 0.673. The van der Waals surface area contributed by atoms with E-state index in [0.717, 1.165) is 6.92 Å². The number of fused-ring (bicyclic) bond motifs is 1. The fourth-order valence-corrected chi connectivity index (χ4v) is 2.39. The monoisotopic (exact) mass is 287 g/mol. The van der Waals surface area contributed by atoms with E-state index in [4.69, 9.17) is 14.6 Å². The van der Waals surface area contributed by atoms with Gasteiger partial charge in [-0.3, -0.25) is 9.52 Å². The molecule has 0 saturated carbocycles. The molecule has 1 unspecified atom stereocenters. The molecule has 0 aliphatic carbocycles. The molecule has 0 aromatic heterocycles. The first kappa shape index (κ1) is 13.5. The predicted molar refractivity (Wildman–Crippen MR) is 67.1 cm³/mol. The largest absolute Gasteiger partial charge is 0.486 e. The second-order valence-corrected chi connectivity index (χ2v) is 5.99. The van der Waals surface area contributed by atoms with Crippen LogP contribution < -0.4 is 14.2 Å². The maximum atomic E-state index is 11.7. The minimum Gasteiger partial charge on any atom is -0.486 e. The van der Waals surface area contributed by atoms with Gasteiger partial charge in [0.25, 0.3) is 0 Å². The van der Waals surface area contributed by atoms with Gasteiger partial charge in [0.2, 0.25) is 10.0 Å². The lowest BCUT2D eigenvalue weighted by Crippen LogP contribution is -2.32. The molecule has 19 heavy (non-hydrogen) atoms. The first-order valence-corrected chi connectivity index (χ1v) is 7.09. The van der Waals surface area contributed by atoms with Crippen molar-refractivity contribution < 1.29 is 27.8 Å². The van der Waals surface area contributed by atoms with Crippen LogP contribution in [0.4, 0.5) is 5.69 Å². The summed E-state index contributed by atoms with van der Waals surface area (Å²) < 4.78 is 36.3. The van der Waals surface area contributed by atoms with Crippen molar-refractivity contribution in [2.75, 3.05) is 17.9 Å². The van der Waals surface area contributed by atoms with Crippen molar-refractivity contribution in [2.24, 2.45) is 0 Å². The number of sulfonamides is 1. The summed E-state index contributed by atoms with van der Waals surface area (Å²) in [6.07, 6.45) is 0. The van der Waals surface area contributed by atoms with Crippen LogP contribution in [0.15, 0.2) is 18.2 Å². The first-order valence-electron chi connectivity index (χ1n) is 5.54. The van der Waals surface area contributed by atoms with Gasteiger partial charge in [-0.1, -0.05) is 0 Å². The van der Waals surface area contributed by atoms with Gasteiger partial charge in [0.15, 0.2) is 16.7 Å². The summed E-state index contributed by atoms with van der Waals surface area (Å²) in [6, 6.07) is 4.51. The molecule has 0 bridgehead atoms. The number of benzene rings is 1. The third-order valence-corrected chi connectivity index (χ3v) is 4.27. The van der Waals surface area contributed by atoms with Crippen LogP contribution in [0, 0.1) is 0 Å². The molecule has 1 aliphatic heterocycles. The first-order chi connectivity index (χ1) is 8.90. The minimum absolute atomic E-state index is 0.234. The molecular formula is C11H13NO6S. The van der Waals surface area contributed by atoms with Gasteiger partial charge in [-0.2, -0.15) is 0 Å². The third-order valence-electron chi connectivity index (χ3n) is 2.62. The van der Waals surface area contributed by atoms with Crippen LogP contribution in [-0.4, -0.2) is 38.0 Å². The average Bonchev–Trinajstić information content (AvgIpc) is 2.37. The Morgan fingerprint density at radius 1 is 1.32 bits per heavy atom. The minimum atomic E-state index is -3.99. The Hall–Kier alpha value is -1.96. The van der Waals surface area contributed by atoms with Crippen LogP contribution in [0.1, 0.15) is 6.92 Å². The average molecular weight is 287 g/mol. The Bertz CT molecular complexity index is 597. The molecule has 104 valence electrons. The molecule has 7 nitrogen and oxygen atoms in total. The fourth-order valence-electron chi connectivity index (χ4n) is 1.49. The zero-order chi connectivity index (χ0) is 14.0. The molecule has 1 aromatic carbocycles. The van der Waals surface area contributed by atoms with Crippen molar-refractivity contribution in [3.63, 3.8) is 0 Å². The second kappa shape index (κ2) is 4.96. The maximum absolute atomic E-state index is 11.7. The van der Waals surface area contributed by atoms with E-state index in [2.05, 4.69) is 4.72 Å². The fraction of sp³-hybridized carbons (Fsp3) is 0.364. The number of ether oxygens (including phenoxy) is 2. The summed E-state index contributed by atoms with van der Waals surface area (Å²) in [5.41, 5.74) is 0.234. The quantitative estimate of drug-likeness (QED) is 0.844. The van der Waals surface area contributed by atoms with Crippen LogP contribution >= 0.6 is 0 Å². The zero-order valence-corrected chi connectivity index (χ0v) is 10.9. The summed E-state index contributed by atoms with van der Waals surface area (Å²) >= 11 is 0. The number of carboxylic acids is 1. The van der Waals surface area contributed by atoms with Crippen LogP contribution in [0.25, 0.3) is 0 Å². The van der Waals surface area contributed by atoms with E-state index >= 15 is 0 Å². The maximum Gasteiger partial charge on any atom is 0.323 e. The van der Waals surface area contributed by atoms with Crippen molar-refractivity contribution in [1.29, 1.82) is 0 Å². The third kappa shape index (κ3) is 2.90. The van der Waals surface area contributed by atoms with Gasteiger partial charge in [-0.15, -0.1) is 0 Å². The van der Waals surface area contributed by atoms with Crippen molar-refractivity contribution in [3.8, 4) is 11.5 Å². The van der Waals surface area contributed by atoms with Crippen molar-refractivity contribution in [1.82, 2.24) is 0 Å². The van der Waals surface area contributed by atoms with Crippen LogP contribution in [0.5, 0.6) is 11.5 Å². The van der Waals surface area contributed by atoms with E-state index in [1.165, 1.54) is 12.1 Å². The summed E-state index contributed by atoms with van der Waals surface area (Å²) in [4.78, 5) is 10.7. The number of carboxylic acid groups (broad SMARTS) is 1. The molecule has 0 fully saturated rings. The van der Waals surface area contributed by atoms with Gasteiger partial charge in [0.05, 0.1) is 5.69 Å². The molecular weight excluding hydrogens is 274 g/mol. The molecule has 0 spiro atoms. The van der Waals surface area contributed by atoms with Gasteiger partial charge in [0, 0.05) is 6.07 Å². The molecule has 1 aromatic rings. The van der Waals surface area contributed by atoms with E-state index < -0.39 is 21.2 Å². The Morgan fingerprint density at radius 2 is 1.95 bits per heavy atom. The highest BCUT2D eigenvalue weighted by atomic mass is 32.2. The van der Waals surface area contributed by atoms with Crippen molar-refractivity contribution in [3.05, 3.63) is 18.2 Å². The summed E-state index contributed by atoms with van der Waals surface area (Å²) in [5, 5.41) is 7.18. The summed E-state index contributed by atoms with van der Waals surface area (Å²) in [7, 11) is -3.99. The Labute approximate surface area is 110 Å². The highest BCUT2D eigenvalue weighted by Gasteiger charge is 2.28. The van der Waals surface area contributed by atoms with Crippen molar-refractivity contribution >= 4 is 21.7 Å². The number of nitrogens with one attached hydrogen (secondary N) is 1.